The highest BCUT2D eigenvalue weighted by Gasteiger charge is 2.39. The van der Waals surface area contributed by atoms with Crippen LogP contribution in [0, 0.1) is 23.2 Å². The topological polar surface area (TPSA) is 23.5 Å². The van der Waals surface area contributed by atoms with Gasteiger partial charge in [-0.05, 0) is 42.4 Å². The van der Waals surface area contributed by atoms with Crippen molar-refractivity contribution in [3.63, 3.8) is 0 Å². The predicted molar refractivity (Wildman–Crippen MR) is 92.5 cm³/mol. The van der Waals surface area contributed by atoms with Gasteiger partial charge in [-0.3, -0.25) is 4.90 Å². The molecule has 1 rings (SSSR count). The summed E-state index contributed by atoms with van der Waals surface area (Å²) in [7, 11) is 0. The summed E-state index contributed by atoms with van der Waals surface area (Å²) in [5.74, 6) is 2.07. The van der Waals surface area contributed by atoms with E-state index in [4.69, 9.17) is 0 Å². The fraction of sp³-hybridized carbons (Fsp3) is 1.00. The molecule has 1 N–H and O–H groups in total. The van der Waals surface area contributed by atoms with Crippen LogP contribution in [0.15, 0.2) is 0 Å². The molecule has 0 aromatic rings. The third-order valence-corrected chi connectivity index (χ3v) is 5.47. The minimum atomic E-state index is -0.133. The molecule has 0 aliphatic heterocycles. The van der Waals surface area contributed by atoms with Crippen LogP contribution in [0.25, 0.3) is 0 Å². The van der Waals surface area contributed by atoms with Crippen molar-refractivity contribution in [3.8, 4) is 0 Å². The van der Waals surface area contributed by atoms with Gasteiger partial charge in [0.2, 0.25) is 0 Å². The minimum absolute atomic E-state index is 0.133. The van der Waals surface area contributed by atoms with E-state index in [0.29, 0.717) is 23.3 Å². The third-order valence-electron chi connectivity index (χ3n) is 5.47. The minimum Gasteiger partial charge on any atom is -0.391 e. The van der Waals surface area contributed by atoms with Crippen LogP contribution in [0.2, 0.25) is 0 Å². The van der Waals surface area contributed by atoms with Crippen LogP contribution in [0.4, 0.5) is 0 Å². The molecule has 21 heavy (non-hydrogen) atoms. The third kappa shape index (κ3) is 5.56. The van der Waals surface area contributed by atoms with Crippen molar-refractivity contribution in [3.05, 3.63) is 0 Å². The van der Waals surface area contributed by atoms with E-state index in [2.05, 4.69) is 53.4 Å². The van der Waals surface area contributed by atoms with E-state index in [-0.39, 0.29) is 6.10 Å². The van der Waals surface area contributed by atoms with Gasteiger partial charge in [0, 0.05) is 19.1 Å². The number of nitrogens with zero attached hydrogens (tertiary/aromatic N) is 1. The lowest BCUT2D eigenvalue weighted by Gasteiger charge is -2.46. The second-order valence-electron chi connectivity index (χ2n) is 8.73. The van der Waals surface area contributed by atoms with E-state index < -0.39 is 0 Å². The number of aliphatic hydroxyl groups excluding tert-OH is 1. The monoisotopic (exact) mass is 297 g/mol. The first-order chi connectivity index (χ1) is 9.67. The van der Waals surface area contributed by atoms with Crippen molar-refractivity contribution >= 4 is 0 Å². The average molecular weight is 298 g/mol. The molecule has 126 valence electrons. The van der Waals surface area contributed by atoms with Crippen LogP contribution < -0.4 is 0 Å². The van der Waals surface area contributed by atoms with E-state index in [1.807, 2.05) is 0 Å². The summed E-state index contributed by atoms with van der Waals surface area (Å²) < 4.78 is 0. The Kier molecular flexibility index (Phi) is 7.19. The lowest BCUT2D eigenvalue weighted by atomic mass is 9.67. The van der Waals surface area contributed by atoms with Gasteiger partial charge in [-0.25, -0.2) is 0 Å². The largest absolute Gasteiger partial charge is 0.391 e. The summed E-state index contributed by atoms with van der Waals surface area (Å²) in [5, 5.41) is 10.6. The maximum absolute atomic E-state index is 10.6. The van der Waals surface area contributed by atoms with Crippen molar-refractivity contribution in [2.75, 3.05) is 13.1 Å². The fourth-order valence-electron chi connectivity index (χ4n) is 3.81. The first-order valence-electron chi connectivity index (χ1n) is 9.09. The molecule has 2 nitrogen and oxygen atoms in total. The van der Waals surface area contributed by atoms with Crippen LogP contribution in [0.5, 0.6) is 0 Å². The molecular weight excluding hydrogens is 258 g/mol. The van der Waals surface area contributed by atoms with Gasteiger partial charge in [0.25, 0.3) is 0 Å². The summed E-state index contributed by atoms with van der Waals surface area (Å²) in [6.07, 6.45) is 4.43. The standard InChI is InChI=1S/C19H39NO/c1-8-19(6,7)16-9-10-18(21)17(11-16)20(12-14(2)3)13-15(4)5/h14-18,21H,8-13H2,1-7H3. The Labute approximate surface area is 133 Å². The first-order valence-corrected chi connectivity index (χ1v) is 9.09. The van der Waals surface area contributed by atoms with Gasteiger partial charge < -0.3 is 5.11 Å². The van der Waals surface area contributed by atoms with Crippen LogP contribution in [-0.2, 0) is 0 Å². The molecule has 2 heteroatoms. The Morgan fingerprint density at radius 1 is 1.05 bits per heavy atom. The van der Waals surface area contributed by atoms with E-state index >= 15 is 0 Å². The molecule has 0 amide bonds. The second-order valence-corrected chi connectivity index (χ2v) is 8.73. The van der Waals surface area contributed by atoms with Crippen LogP contribution in [0.3, 0.4) is 0 Å². The van der Waals surface area contributed by atoms with Gasteiger partial charge in [0.15, 0.2) is 0 Å². The molecule has 0 radical (unpaired) electrons. The number of rotatable bonds is 7. The molecule has 3 atom stereocenters. The first kappa shape index (κ1) is 19.0. The smallest absolute Gasteiger partial charge is 0.0695 e. The van der Waals surface area contributed by atoms with E-state index in [9.17, 15) is 5.11 Å². The van der Waals surface area contributed by atoms with E-state index in [1.165, 1.54) is 19.3 Å². The molecular formula is C19H39NO. The number of hydrogen-bond donors (Lipinski definition) is 1. The molecule has 1 aliphatic carbocycles. The lowest BCUT2D eigenvalue weighted by Crippen LogP contribution is -2.51. The van der Waals surface area contributed by atoms with E-state index in [1.54, 1.807) is 0 Å². The van der Waals surface area contributed by atoms with Crippen LogP contribution in [-0.4, -0.2) is 35.2 Å². The fourth-order valence-corrected chi connectivity index (χ4v) is 3.81. The van der Waals surface area contributed by atoms with Crippen molar-refractivity contribution in [2.45, 2.75) is 86.3 Å². The SMILES string of the molecule is CCC(C)(C)C1CCC(O)C(N(CC(C)C)CC(C)C)C1. The van der Waals surface area contributed by atoms with Crippen molar-refractivity contribution in [1.82, 2.24) is 4.90 Å². The van der Waals surface area contributed by atoms with Gasteiger partial charge in [-0.1, -0.05) is 54.9 Å². The van der Waals surface area contributed by atoms with Crippen LogP contribution >= 0.6 is 0 Å². The molecule has 3 unspecified atom stereocenters. The molecule has 1 fully saturated rings. The Morgan fingerprint density at radius 3 is 2.00 bits per heavy atom. The molecule has 1 saturated carbocycles. The Morgan fingerprint density at radius 2 is 1.57 bits per heavy atom. The van der Waals surface area contributed by atoms with Crippen LogP contribution in [0.1, 0.15) is 74.1 Å². The summed E-state index contributed by atoms with van der Waals surface area (Å²) in [4.78, 5) is 2.58. The molecule has 0 spiro atoms. The zero-order chi connectivity index (χ0) is 16.2. The van der Waals surface area contributed by atoms with Gasteiger partial charge in [0.05, 0.1) is 6.10 Å². The highest BCUT2D eigenvalue weighted by atomic mass is 16.3. The molecule has 0 saturated heterocycles. The zero-order valence-corrected chi connectivity index (χ0v) is 15.5. The van der Waals surface area contributed by atoms with Gasteiger partial charge >= 0.3 is 0 Å². The Hall–Kier alpha value is -0.0800. The molecule has 0 heterocycles. The molecule has 0 bridgehead atoms. The predicted octanol–water partition coefficient (Wildman–Crippen LogP) is 4.57. The highest BCUT2D eigenvalue weighted by molar-refractivity contribution is 4.92. The molecule has 1 aliphatic rings. The van der Waals surface area contributed by atoms with Gasteiger partial charge in [0.1, 0.15) is 0 Å². The molecule has 0 aromatic heterocycles. The van der Waals surface area contributed by atoms with E-state index in [0.717, 1.165) is 25.4 Å². The lowest BCUT2D eigenvalue weighted by molar-refractivity contribution is -0.0281. The Bertz CT molecular complexity index is 288. The maximum Gasteiger partial charge on any atom is 0.0695 e. The zero-order valence-electron chi connectivity index (χ0n) is 15.5. The van der Waals surface area contributed by atoms with Gasteiger partial charge in [-0.2, -0.15) is 0 Å². The maximum atomic E-state index is 10.6. The van der Waals surface area contributed by atoms with Crippen molar-refractivity contribution in [2.24, 2.45) is 23.2 Å². The highest BCUT2D eigenvalue weighted by Crippen LogP contribution is 2.42. The number of hydrogen-bond acceptors (Lipinski definition) is 2. The molecule has 0 aromatic carbocycles. The second kappa shape index (κ2) is 7.97. The number of aliphatic hydroxyl groups is 1. The summed E-state index contributed by atoms with van der Waals surface area (Å²) >= 11 is 0. The normalized spacial score (nSPS) is 27.9. The summed E-state index contributed by atoms with van der Waals surface area (Å²) in [6.45, 7) is 18.5. The quantitative estimate of drug-likeness (QED) is 0.744. The van der Waals surface area contributed by atoms with Gasteiger partial charge in [-0.15, -0.1) is 0 Å². The average Bonchev–Trinajstić information content (AvgIpc) is 2.37. The van der Waals surface area contributed by atoms with Crippen molar-refractivity contribution < 1.29 is 5.11 Å². The Balaban J connectivity index is 2.83. The summed E-state index contributed by atoms with van der Waals surface area (Å²) in [6, 6.07) is 0.361. The van der Waals surface area contributed by atoms with Crippen molar-refractivity contribution in [1.29, 1.82) is 0 Å². The summed E-state index contributed by atoms with van der Waals surface area (Å²) in [5.41, 5.74) is 0.403.